The number of nitrogens with zero attached hydrogens (tertiary/aromatic N) is 2. The van der Waals surface area contributed by atoms with Crippen molar-refractivity contribution in [3.8, 4) is 0 Å². The summed E-state index contributed by atoms with van der Waals surface area (Å²) in [6.45, 7) is 16.8. The topological polar surface area (TPSA) is 35.0 Å². The second-order valence-electron chi connectivity index (χ2n) is 3.42. The molecule has 1 rings (SSSR count). The van der Waals surface area contributed by atoms with E-state index in [0.29, 0.717) is 11.5 Å². The van der Waals surface area contributed by atoms with Crippen LogP contribution in [0, 0.1) is 0 Å². The van der Waals surface area contributed by atoms with E-state index < -0.39 is 0 Å². The van der Waals surface area contributed by atoms with E-state index in [1.807, 2.05) is 32.9 Å². The van der Waals surface area contributed by atoms with Gasteiger partial charge < -0.3 is 4.74 Å². The average Bonchev–Trinajstić information content (AvgIpc) is 2.55. The molecule has 0 saturated heterocycles. The highest BCUT2D eigenvalue weighted by atomic mass is 35.5. The van der Waals surface area contributed by atoms with Crippen molar-refractivity contribution in [3.05, 3.63) is 79.1 Å². The van der Waals surface area contributed by atoms with E-state index >= 15 is 0 Å². The predicted molar refractivity (Wildman–Crippen MR) is 97.7 cm³/mol. The molecule has 0 amide bonds. The second-order valence-corrected chi connectivity index (χ2v) is 3.75. The van der Waals surface area contributed by atoms with Crippen LogP contribution in [0.5, 0.6) is 0 Å². The van der Waals surface area contributed by atoms with Crippen molar-refractivity contribution in [3.63, 3.8) is 0 Å². The van der Waals surface area contributed by atoms with Crippen LogP contribution in [-0.4, -0.2) is 17.1 Å². The molecule has 0 atom stereocenters. The summed E-state index contributed by atoms with van der Waals surface area (Å²) in [5, 5.41) is 0.186. The molecule has 3 nitrogen and oxygen atoms in total. The molecule has 0 radical (unpaired) electrons. The minimum absolute atomic E-state index is 0.186. The molecule has 1 aromatic rings. The van der Waals surface area contributed by atoms with Gasteiger partial charge in [-0.05, 0) is 30.7 Å². The minimum atomic E-state index is 0.186. The van der Waals surface area contributed by atoms with E-state index in [4.69, 9.17) is 16.3 Å². The van der Waals surface area contributed by atoms with Gasteiger partial charge in [-0.25, -0.2) is 9.97 Å². The van der Waals surface area contributed by atoms with Crippen molar-refractivity contribution >= 4 is 17.2 Å². The van der Waals surface area contributed by atoms with Gasteiger partial charge in [0.15, 0.2) is 0 Å². The van der Waals surface area contributed by atoms with Crippen molar-refractivity contribution in [2.24, 2.45) is 0 Å². The molecule has 0 bridgehead atoms. The van der Waals surface area contributed by atoms with E-state index in [9.17, 15) is 0 Å². The Bertz CT molecular complexity index is 520. The van der Waals surface area contributed by atoms with Gasteiger partial charge in [-0.1, -0.05) is 57.9 Å². The predicted octanol–water partition coefficient (Wildman–Crippen LogP) is 5.63. The number of allylic oxidation sites excluding steroid dienone is 6. The summed E-state index contributed by atoms with van der Waals surface area (Å²) in [6, 6.07) is 1.73. The van der Waals surface area contributed by atoms with E-state index in [2.05, 4.69) is 29.7 Å². The molecule has 0 spiro atoms. The van der Waals surface area contributed by atoms with Crippen LogP contribution in [0.1, 0.15) is 26.5 Å². The molecule has 1 aromatic heterocycles. The monoisotopic (exact) mass is 320 g/mol. The van der Waals surface area contributed by atoms with Crippen molar-refractivity contribution in [2.45, 2.75) is 20.8 Å². The van der Waals surface area contributed by atoms with E-state index in [-0.39, 0.29) is 5.28 Å². The molecule has 0 saturated carbocycles. The maximum atomic E-state index is 5.69. The van der Waals surface area contributed by atoms with Crippen molar-refractivity contribution in [2.75, 3.05) is 7.11 Å². The fraction of sp³-hybridized carbons (Fsp3) is 0.222. The SMILES string of the molecule is C=C/C=C(\C(=C)OC)c1ccnc(Cl)n1.C=C/C=C\C.CC. The van der Waals surface area contributed by atoms with Crippen LogP contribution in [0.3, 0.4) is 0 Å². The molecule has 0 aliphatic heterocycles. The van der Waals surface area contributed by atoms with Crippen LogP contribution in [0.4, 0.5) is 0 Å². The van der Waals surface area contributed by atoms with Crippen LogP contribution in [0.2, 0.25) is 5.28 Å². The zero-order valence-electron chi connectivity index (χ0n) is 13.8. The number of aromatic nitrogens is 2. The molecule has 1 heterocycles. The molecule has 22 heavy (non-hydrogen) atoms. The van der Waals surface area contributed by atoms with Crippen LogP contribution in [-0.2, 0) is 4.74 Å². The Morgan fingerprint density at radius 3 is 2.27 bits per heavy atom. The third-order valence-electron chi connectivity index (χ3n) is 2.06. The Balaban J connectivity index is 0. The first-order valence-electron chi connectivity index (χ1n) is 6.89. The molecule has 0 unspecified atom stereocenters. The zero-order chi connectivity index (χ0) is 17.4. The van der Waals surface area contributed by atoms with Gasteiger partial charge in [-0.15, -0.1) is 0 Å². The van der Waals surface area contributed by atoms with Crippen LogP contribution in [0.25, 0.3) is 5.57 Å². The first-order valence-corrected chi connectivity index (χ1v) is 7.27. The molecule has 0 aliphatic rings. The minimum Gasteiger partial charge on any atom is -0.497 e. The van der Waals surface area contributed by atoms with Crippen molar-refractivity contribution in [1.82, 2.24) is 9.97 Å². The number of hydrogen-bond donors (Lipinski definition) is 0. The molecule has 0 fully saturated rings. The zero-order valence-corrected chi connectivity index (χ0v) is 14.6. The quantitative estimate of drug-likeness (QED) is 0.400. The Morgan fingerprint density at radius 1 is 1.27 bits per heavy atom. The Hall–Kier alpha value is -2.13. The number of methoxy groups -OCH3 is 1. The maximum absolute atomic E-state index is 5.69. The molecular weight excluding hydrogens is 296 g/mol. The lowest BCUT2D eigenvalue weighted by Gasteiger charge is -2.08. The summed E-state index contributed by atoms with van der Waals surface area (Å²) in [5.41, 5.74) is 1.39. The molecule has 0 aliphatic carbocycles. The van der Waals surface area contributed by atoms with E-state index in [1.165, 1.54) is 0 Å². The van der Waals surface area contributed by atoms with Gasteiger partial charge in [0.25, 0.3) is 0 Å². The normalized spacial score (nSPS) is 9.77. The van der Waals surface area contributed by atoms with Gasteiger partial charge in [0, 0.05) is 11.8 Å². The number of halogens is 1. The number of hydrogen-bond acceptors (Lipinski definition) is 3. The summed E-state index contributed by atoms with van der Waals surface area (Å²) in [4.78, 5) is 7.86. The van der Waals surface area contributed by atoms with Gasteiger partial charge in [-0.3, -0.25) is 0 Å². The van der Waals surface area contributed by atoms with Gasteiger partial charge in [0.2, 0.25) is 5.28 Å². The maximum Gasteiger partial charge on any atom is 0.222 e. The lowest BCUT2D eigenvalue weighted by molar-refractivity contribution is 0.312. The summed E-state index contributed by atoms with van der Waals surface area (Å²) < 4.78 is 5.05. The van der Waals surface area contributed by atoms with Gasteiger partial charge in [0.05, 0.1) is 12.8 Å². The van der Waals surface area contributed by atoms with Crippen LogP contribution in [0.15, 0.2) is 68.1 Å². The highest BCUT2D eigenvalue weighted by molar-refractivity contribution is 6.28. The third kappa shape index (κ3) is 9.72. The first kappa shape index (κ1) is 22.2. The van der Waals surface area contributed by atoms with Crippen molar-refractivity contribution < 1.29 is 4.74 Å². The fourth-order valence-electron chi connectivity index (χ4n) is 1.17. The average molecular weight is 321 g/mol. The summed E-state index contributed by atoms with van der Waals surface area (Å²) in [5.74, 6) is 0.504. The molecular formula is C18H25ClN2O. The lowest BCUT2D eigenvalue weighted by atomic mass is 10.1. The van der Waals surface area contributed by atoms with Crippen LogP contribution < -0.4 is 0 Å². The Labute approximate surface area is 139 Å². The highest BCUT2D eigenvalue weighted by Gasteiger charge is 2.07. The van der Waals surface area contributed by atoms with E-state index in [1.54, 1.807) is 37.6 Å². The third-order valence-corrected chi connectivity index (χ3v) is 2.24. The number of rotatable bonds is 5. The smallest absolute Gasteiger partial charge is 0.222 e. The van der Waals surface area contributed by atoms with Crippen LogP contribution >= 0.6 is 11.6 Å². The largest absolute Gasteiger partial charge is 0.497 e. The number of ether oxygens (including phenoxy) is 1. The van der Waals surface area contributed by atoms with Gasteiger partial charge in [-0.2, -0.15) is 0 Å². The van der Waals surface area contributed by atoms with Crippen molar-refractivity contribution in [1.29, 1.82) is 0 Å². The molecule has 0 N–H and O–H groups in total. The highest BCUT2D eigenvalue weighted by Crippen LogP contribution is 2.21. The molecule has 120 valence electrons. The molecule has 0 aromatic carbocycles. The fourth-order valence-corrected chi connectivity index (χ4v) is 1.32. The van der Waals surface area contributed by atoms with Gasteiger partial charge >= 0.3 is 0 Å². The summed E-state index contributed by atoms with van der Waals surface area (Å²) in [6.07, 6.45) is 10.5. The second kappa shape index (κ2) is 15.3. The molecule has 4 heteroatoms. The van der Waals surface area contributed by atoms with E-state index in [0.717, 1.165) is 5.57 Å². The Kier molecular flexibility index (Phi) is 15.4. The first-order chi connectivity index (χ1) is 10.6. The summed E-state index contributed by atoms with van der Waals surface area (Å²) in [7, 11) is 1.54. The lowest BCUT2D eigenvalue weighted by Crippen LogP contribution is -1.95. The standard InChI is InChI=1S/C11H11ClN2O.C5H8.C2H6/c1-4-5-9(8(2)15-3)10-6-7-13-11(12)14-10;1-3-5-4-2;1-2/h4-7H,1-2H2,3H3;3-5H,1H2,2H3;1-2H3/b9-5+;5-4-;. The van der Waals surface area contributed by atoms with Gasteiger partial charge in [0.1, 0.15) is 5.76 Å². The summed E-state index contributed by atoms with van der Waals surface area (Å²) >= 11 is 5.69. The Morgan fingerprint density at radius 2 is 1.91 bits per heavy atom.